The first kappa shape index (κ1) is 18.4. The van der Waals surface area contributed by atoms with E-state index in [4.69, 9.17) is 15.7 Å². The number of amides is 1. The third-order valence-corrected chi connectivity index (χ3v) is 3.78. The van der Waals surface area contributed by atoms with Crippen LogP contribution in [0.1, 0.15) is 30.4 Å². The van der Waals surface area contributed by atoms with E-state index in [0.717, 1.165) is 31.4 Å². The quantitative estimate of drug-likeness (QED) is 0.896. The minimum Gasteiger partial charge on any atom is -0.375 e. The molecule has 22 heavy (non-hydrogen) atoms. The standard InChI is InChI=1S/C16H21N3O2.ClH/c17-9-13-4-6-14(7-5-13)11-21-12-15-3-1-2-8-19(15)16(20)10-18;/h4-7,15H,1-3,8,10-12,18H2;1H. The molecule has 1 unspecified atom stereocenters. The van der Waals surface area contributed by atoms with Gasteiger partial charge in [0.15, 0.2) is 0 Å². The van der Waals surface area contributed by atoms with Crippen molar-refractivity contribution < 1.29 is 9.53 Å². The predicted molar refractivity (Wildman–Crippen MR) is 86.5 cm³/mol. The molecule has 1 saturated heterocycles. The molecule has 0 radical (unpaired) electrons. The summed E-state index contributed by atoms with van der Waals surface area (Å²) in [5.41, 5.74) is 7.13. The molecule has 5 nitrogen and oxygen atoms in total. The van der Waals surface area contributed by atoms with Crippen LogP contribution in [-0.2, 0) is 16.1 Å². The summed E-state index contributed by atoms with van der Waals surface area (Å²) in [5.74, 6) is 0.00155. The third-order valence-electron chi connectivity index (χ3n) is 3.78. The van der Waals surface area contributed by atoms with E-state index in [1.807, 2.05) is 17.0 Å². The van der Waals surface area contributed by atoms with E-state index in [1.165, 1.54) is 0 Å². The minimum atomic E-state index is 0. The zero-order valence-corrected chi connectivity index (χ0v) is 13.3. The number of benzene rings is 1. The number of nitriles is 1. The lowest BCUT2D eigenvalue weighted by atomic mass is 10.0. The normalized spacial score (nSPS) is 17.5. The molecule has 1 heterocycles. The topological polar surface area (TPSA) is 79.3 Å². The first-order valence-corrected chi connectivity index (χ1v) is 7.31. The molecule has 1 fully saturated rings. The Morgan fingerprint density at radius 1 is 1.36 bits per heavy atom. The van der Waals surface area contributed by atoms with Gasteiger partial charge in [-0.2, -0.15) is 5.26 Å². The van der Waals surface area contributed by atoms with Gasteiger partial charge < -0.3 is 15.4 Å². The molecule has 0 aliphatic carbocycles. The van der Waals surface area contributed by atoms with Crippen molar-refractivity contribution in [1.82, 2.24) is 4.90 Å². The van der Waals surface area contributed by atoms with Crippen molar-refractivity contribution in [2.24, 2.45) is 5.73 Å². The van der Waals surface area contributed by atoms with Crippen LogP contribution in [0.5, 0.6) is 0 Å². The third kappa shape index (κ3) is 4.99. The average molecular weight is 324 g/mol. The Morgan fingerprint density at radius 3 is 2.73 bits per heavy atom. The number of rotatable bonds is 5. The van der Waals surface area contributed by atoms with Crippen LogP contribution in [-0.4, -0.2) is 36.5 Å². The highest BCUT2D eigenvalue weighted by molar-refractivity contribution is 5.85. The predicted octanol–water partition coefficient (Wildman–Crippen LogP) is 1.84. The maximum Gasteiger partial charge on any atom is 0.236 e. The number of hydrogen-bond acceptors (Lipinski definition) is 4. The van der Waals surface area contributed by atoms with Gasteiger partial charge in [-0.05, 0) is 37.0 Å². The van der Waals surface area contributed by atoms with Crippen molar-refractivity contribution in [2.75, 3.05) is 19.7 Å². The smallest absolute Gasteiger partial charge is 0.236 e. The summed E-state index contributed by atoms with van der Waals surface area (Å²) in [6, 6.07) is 9.57. The van der Waals surface area contributed by atoms with E-state index >= 15 is 0 Å². The van der Waals surface area contributed by atoms with Gasteiger partial charge in [0.05, 0.1) is 37.4 Å². The van der Waals surface area contributed by atoms with E-state index in [0.29, 0.717) is 18.8 Å². The Kier molecular flexibility index (Phi) is 7.89. The van der Waals surface area contributed by atoms with Gasteiger partial charge in [-0.15, -0.1) is 12.4 Å². The lowest BCUT2D eigenvalue weighted by Crippen LogP contribution is -2.48. The zero-order valence-electron chi connectivity index (χ0n) is 12.5. The average Bonchev–Trinajstić information content (AvgIpc) is 2.55. The molecule has 0 spiro atoms. The van der Waals surface area contributed by atoms with Gasteiger partial charge in [0.2, 0.25) is 5.91 Å². The molecule has 1 aromatic carbocycles. The van der Waals surface area contributed by atoms with E-state index in [1.54, 1.807) is 12.1 Å². The van der Waals surface area contributed by atoms with Crippen LogP contribution < -0.4 is 5.73 Å². The van der Waals surface area contributed by atoms with Gasteiger partial charge in [0.1, 0.15) is 0 Å². The van der Waals surface area contributed by atoms with Crippen LogP contribution in [0.2, 0.25) is 0 Å². The highest BCUT2D eigenvalue weighted by Crippen LogP contribution is 2.18. The van der Waals surface area contributed by atoms with Crippen LogP contribution in [0, 0.1) is 11.3 Å². The van der Waals surface area contributed by atoms with Crippen molar-refractivity contribution >= 4 is 18.3 Å². The molecule has 6 heteroatoms. The Bertz CT molecular complexity index is 513. The Hall–Kier alpha value is -1.61. The number of hydrogen-bond donors (Lipinski definition) is 1. The Morgan fingerprint density at radius 2 is 2.09 bits per heavy atom. The first-order valence-electron chi connectivity index (χ1n) is 7.31. The fourth-order valence-corrected chi connectivity index (χ4v) is 2.61. The van der Waals surface area contributed by atoms with Gasteiger partial charge in [-0.25, -0.2) is 0 Å². The first-order chi connectivity index (χ1) is 10.2. The second-order valence-corrected chi connectivity index (χ2v) is 5.26. The van der Waals surface area contributed by atoms with Crippen molar-refractivity contribution in [3.63, 3.8) is 0 Å². The number of halogens is 1. The Labute approximate surface area is 137 Å². The second-order valence-electron chi connectivity index (χ2n) is 5.26. The minimum absolute atomic E-state index is 0. The molecule has 1 aromatic rings. The number of likely N-dealkylation sites (tertiary alicyclic amines) is 1. The molecule has 1 aliphatic rings. The van der Waals surface area contributed by atoms with Crippen LogP contribution >= 0.6 is 12.4 Å². The van der Waals surface area contributed by atoms with Gasteiger partial charge in [0.25, 0.3) is 0 Å². The number of carbonyl (C=O) groups excluding carboxylic acids is 1. The number of nitrogens with zero attached hydrogens (tertiary/aromatic N) is 2. The van der Waals surface area contributed by atoms with Crippen molar-refractivity contribution in [1.29, 1.82) is 5.26 Å². The van der Waals surface area contributed by atoms with E-state index in [2.05, 4.69) is 6.07 Å². The molecule has 2 N–H and O–H groups in total. The van der Waals surface area contributed by atoms with Crippen LogP contribution in [0.15, 0.2) is 24.3 Å². The molecule has 120 valence electrons. The molecule has 0 aromatic heterocycles. The number of carbonyl (C=O) groups is 1. The largest absolute Gasteiger partial charge is 0.375 e. The van der Waals surface area contributed by atoms with Gasteiger partial charge >= 0.3 is 0 Å². The zero-order chi connectivity index (χ0) is 15.1. The maximum absolute atomic E-state index is 11.8. The van der Waals surface area contributed by atoms with Crippen LogP contribution in [0.3, 0.4) is 0 Å². The molecule has 1 amide bonds. The number of nitrogens with two attached hydrogens (primary N) is 1. The fraction of sp³-hybridized carbons (Fsp3) is 0.500. The Balaban J connectivity index is 0.00000242. The van der Waals surface area contributed by atoms with Crippen molar-refractivity contribution in [3.8, 4) is 6.07 Å². The molecule has 2 rings (SSSR count). The van der Waals surface area contributed by atoms with Gasteiger partial charge in [-0.1, -0.05) is 12.1 Å². The maximum atomic E-state index is 11.8. The summed E-state index contributed by atoms with van der Waals surface area (Å²) in [4.78, 5) is 13.6. The van der Waals surface area contributed by atoms with E-state index < -0.39 is 0 Å². The number of ether oxygens (including phenoxy) is 1. The summed E-state index contributed by atoms with van der Waals surface area (Å²) in [5, 5.41) is 8.75. The van der Waals surface area contributed by atoms with Crippen LogP contribution in [0.25, 0.3) is 0 Å². The van der Waals surface area contributed by atoms with Gasteiger partial charge in [0, 0.05) is 6.54 Å². The lowest BCUT2D eigenvalue weighted by Gasteiger charge is -2.35. The number of piperidine rings is 1. The summed E-state index contributed by atoms with van der Waals surface area (Å²) in [6.07, 6.45) is 3.14. The fourth-order valence-electron chi connectivity index (χ4n) is 2.61. The molecule has 0 saturated carbocycles. The molecule has 1 aliphatic heterocycles. The molecular weight excluding hydrogens is 302 g/mol. The molecule has 0 bridgehead atoms. The summed E-state index contributed by atoms with van der Waals surface area (Å²) in [6.45, 7) is 1.87. The molecule has 1 atom stereocenters. The van der Waals surface area contributed by atoms with Crippen molar-refractivity contribution in [2.45, 2.75) is 31.9 Å². The monoisotopic (exact) mass is 323 g/mol. The SMILES string of the molecule is Cl.N#Cc1ccc(COCC2CCCCN2C(=O)CN)cc1. The van der Waals surface area contributed by atoms with Crippen molar-refractivity contribution in [3.05, 3.63) is 35.4 Å². The summed E-state index contributed by atoms with van der Waals surface area (Å²) in [7, 11) is 0. The highest BCUT2D eigenvalue weighted by atomic mass is 35.5. The molecular formula is C16H22ClN3O2. The summed E-state index contributed by atoms with van der Waals surface area (Å²) < 4.78 is 5.74. The van der Waals surface area contributed by atoms with E-state index in [9.17, 15) is 4.79 Å². The second kappa shape index (κ2) is 9.42. The van der Waals surface area contributed by atoms with E-state index in [-0.39, 0.29) is 30.9 Å². The lowest BCUT2D eigenvalue weighted by molar-refractivity contribution is -0.135. The van der Waals surface area contributed by atoms with Gasteiger partial charge in [-0.3, -0.25) is 4.79 Å². The van der Waals surface area contributed by atoms with Crippen LogP contribution in [0.4, 0.5) is 0 Å². The summed E-state index contributed by atoms with van der Waals surface area (Å²) >= 11 is 0. The highest BCUT2D eigenvalue weighted by Gasteiger charge is 2.25.